The van der Waals surface area contributed by atoms with Gasteiger partial charge < -0.3 is 10.4 Å². The van der Waals surface area contributed by atoms with Crippen molar-refractivity contribution in [3.63, 3.8) is 0 Å². The number of allylic oxidation sites excluding steroid dienone is 1. The molecular formula is C26H23F2N3O2. The number of aliphatic imine (C=N–C) groups is 1. The van der Waals surface area contributed by atoms with Gasteiger partial charge in [-0.3, -0.25) is 14.8 Å². The summed E-state index contributed by atoms with van der Waals surface area (Å²) in [7, 11) is 0. The molecular weight excluding hydrogens is 424 g/mol. The first-order valence-corrected chi connectivity index (χ1v) is 10.7. The number of aliphatic hydroxyl groups excluding tert-OH is 1. The number of benzene rings is 2. The Kier molecular flexibility index (Phi) is 7.00. The predicted octanol–water partition coefficient (Wildman–Crippen LogP) is 4.14. The summed E-state index contributed by atoms with van der Waals surface area (Å²) >= 11 is 0. The van der Waals surface area contributed by atoms with Crippen molar-refractivity contribution in [3.8, 4) is 0 Å². The number of nitrogens with one attached hydrogen (secondary N) is 1. The Bertz CT molecular complexity index is 1190. The molecule has 33 heavy (non-hydrogen) atoms. The minimum atomic E-state index is -0.547. The van der Waals surface area contributed by atoms with Crippen LogP contribution in [0.5, 0.6) is 0 Å². The number of carbonyl (C=O) groups is 1. The van der Waals surface area contributed by atoms with Crippen molar-refractivity contribution in [3.05, 3.63) is 107 Å². The Balaban J connectivity index is 1.55. The summed E-state index contributed by atoms with van der Waals surface area (Å²) in [5, 5.41) is 12.3. The molecule has 0 saturated heterocycles. The summed E-state index contributed by atoms with van der Waals surface area (Å²) in [6, 6.07) is 15.8. The molecule has 1 amide bonds. The molecule has 168 valence electrons. The van der Waals surface area contributed by atoms with E-state index in [-0.39, 0.29) is 36.0 Å². The topological polar surface area (TPSA) is 74.6 Å². The third-order valence-corrected chi connectivity index (χ3v) is 5.55. The number of hydrogen-bond acceptors (Lipinski definition) is 4. The molecule has 0 aliphatic carbocycles. The van der Waals surface area contributed by atoms with Gasteiger partial charge in [-0.25, -0.2) is 8.78 Å². The van der Waals surface area contributed by atoms with Crippen LogP contribution in [-0.2, 0) is 0 Å². The van der Waals surface area contributed by atoms with Gasteiger partial charge in [0.1, 0.15) is 11.6 Å². The number of hydrogen-bond donors (Lipinski definition) is 2. The van der Waals surface area contributed by atoms with Gasteiger partial charge in [0.2, 0.25) is 0 Å². The van der Waals surface area contributed by atoms with Gasteiger partial charge >= 0.3 is 0 Å². The van der Waals surface area contributed by atoms with Crippen LogP contribution >= 0.6 is 0 Å². The van der Waals surface area contributed by atoms with E-state index >= 15 is 0 Å². The minimum Gasteiger partial charge on any atom is -0.396 e. The number of aromatic nitrogens is 1. The molecule has 1 aromatic heterocycles. The van der Waals surface area contributed by atoms with E-state index in [0.717, 1.165) is 16.8 Å². The molecule has 1 unspecified atom stereocenters. The first-order valence-electron chi connectivity index (χ1n) is 10.7. The lowest BCUT2D eigenvalue weighted by Crippen LogP contribution is -2.30. The highest BCUT2D eigenvalue weighted by atomic mass is 19.1. The van der Waals surface area contributed by atoms with Crippen molar-refractivity contribution in [1.29, 1.82) is 0 Å². The number of carbonyl (C=O) groups excluding carboxylic acids is 1. The number of nitrogens with zero attached hydrogens (tertiary/aromatic N) is 2. The van der Waals surface area contributed by atoms with Crippen molar-refractivity contribution in [1.82, 2.24) is 10.3 Å². The highest BCUT2D eigenvalue weighted by Gasteiger charge is 2.23. The zero-order valence-corrected chi connectivity index (χ0v) is 17.8. The second kappa shape index (κ2) is 10.3. The van der Waals surface area contributed by atoms with E-state index < -0.39 is 11.7 Å². The highest BCUT2D eigenvalue weighted by molar-refractivity contribution is 6.19. The van der Waals surface area contributed by atoms with Crippen molar-refractivity contribution >= 4 is 17.2 Å². The molecule has 5 nitrogen and oxygen atoms in total. The molecule has 2 heterocycles. The third-order valence-electron chi connectivity index (χ3n) is 5.55. The average molecular weight is 447 g/mol. The van der Waals surface area contributed by atoms with Crippen molar-refractivity contribution in [2.24, 2.45) is 4.99 Å². The summed E-state index contributed by atoms with van der Waals surface area (Å²) in [6.07, 6.45) is 3.82. The number of halogens is 2. The molecule has 4 rings (SSSR count). The predicted molar refractivity (Wildman–Crippen MR) is 123 cm³/mol. The van der Waals surface area contributed by atoms with Crippen LogP contribution in [-0.4, -0.2) is 41.4 Å². The molecule has 1 atom stereocenters. The van der Waals surface area contributed by atoms with Gasteiger partial charge in [-0.2, -0.15) is 0 Å². The second-order valence-electron chi connectivity index (χ2n) is 7.71. The van der Waals surface area contributed by atoms with E-state index in [1.165, 1.54) is 24.3 Å². The maximum absolute atomic E-state index is 14.8. The van der Waals surface area contributed by atoms with Crippen LogP contribution in [0.25, 0.3) is 5.57 Å². The van der Waals surface area contributed by atoms with Crippen molar-refractivity contribution < 1.29 is 18.7 Å². The molecule has 0 saturated carbocycles. The second-order valence-corrected chi connectivity index (χ2v) is 7.71. The normalized spacial score (nSPS) is 13.9. The lowest BCUT2D eigenvalue weighted by molar-refractivity contribution is 0.0948. The number of pyridine rings is 1. The monoisotopic (exact) mass is 447 g/mol. The van der Waals surface area contributed by atoms with E-state index in [1.807, 2.05) is 12.1 Å². The number of rotatable bonds is 8. The van der Waals surface area contributed by atoms with Gasteiger partial charge in [-0.15, -0.1) is 0 Å². The maximum atomic E-state index is 14.8. The molecule has 3 aromatic rings. The van der Waals surface area contributed by atoms with Crippen molar-refractivity contribution in [2.45, 2.75) is 12.3 Å². The standard InChI is InChI=1S/C26H23F2N3O2/c27-20-9-7-17(8-10-20)19-14-24(30-16-19)25-21(4-3-5-22(25)28)26(33)31-15-18(11-13-32)23-6-1-2-12-29-23/h1-10,12,14,18,32H,11,13,15-16H2,(H,31,33). The zero-order valence-electron chi connectivity index (χ0n) is 17.8. The fourth-order valence-corrected chi connectivity index (χ4v) is 3.83. The molecule has 0 radical (unpaired) electrons. The lowest BCUT2D eigenvalue weighted by Gasteiger charge is -2.17. The smallest absolute Gasteiger partial charge is 0.252 e. The summed E-state index contributed by atoms with van der Waals surface area (Å²) in [5.41, 5.74) is 3.04. The van der Waals surface area contributed by atoms with Crippen LogP contribution in [0.4, 0.5) is 8.78 Å². The summed E-state index contributed by atoms with van der Waals surface area (Å²) < 4.78 is 28.1. The quantitative estimate of drug-likeness (QED) is 0.545. The largest absolute Gasteiger partial charge is 0.396 e. The SMILES string of the molecule is O=C(NCC(CCO)c1ccccn1)c1cccc(F)c1C1=NCC(c2ccc(F)cc2)=C1. The van der Waals surface area contributed by atoms with Gasteiger partial charge in [-0.1, -0.05) is 24.3 Å². The Morgan fingerprint density at radius 1 is 1.06 bits per heavy atom. The van der Waals surface area contributed by atoms with E-state index in [2.05, 4.69) is 15.3 Å². The molecule has 7 heteroatoms. The Morgan fingerprint density at radius 2 is 1.88 bits per heavy atom. The van der Waals surface area contributed by atoms with Gasteiger partial charge in [0.15, 0.2) is 0 Å². The number of amides is 1. The van der Waals surface area contributed by atoms with Gasteiger partial charge in [0.25, 0.3) is 5.91 Å². The summed E-state index contributed by atoms with van der Waals surface area (Å²) in [4.78, 5) is 21.8. The molecule has 1 aliphatic heterocycles. The maximum Gasteiger partial charge on any atom is 0.252 e. The molecule has 0 bridgehead atoms. The third kappa shape index (κ3) is 5.21. The fourth-order valence-electron chi connectivity index (χ4n) is 3.83. The fraction of sp³-hybridized carbons (Fsp3) is 0.192. The molecule has 2 aromatic carbocycles. The van der Waals surface area contributed by atoms with Crippen LogP contribution in [0.1, 0.15) is 39.5 Å². The van der Waals surface area contributed by atoms with E-state index in [4.69, 9.17) is 0 Å². The molecule has 0 fully saturated rings. The molecule has 2 N–H and O–H groups in total. The lowest BCUT2D eigenvalue weighted by atomic mass is 9.98. The molecule has 0 spiro atoms. The molecule has 1 aliphatic rings. The van der Waals surface area contributed by atoms with Gasteiger partial charge in [0, 0.05) is 36.5 Å². The number of aliphatic hydroxyl groups is 1. The first-order chi connectivity index (χ1) is 16.1. The minimum absolute atomic E-state index is 0.0455. The average Bonchev–Trinajstić information content (AvgIpc) is 3.32. The Morgan fingerprint density at radius 3 is 2.61 bits per heavy atom. The van der Waals surface area contributed by atoms with Crippen LogP contribution in [0.3, 0.4) is 0 Å². The van der Waals surface area contributed by atoms with Crippen LogP contribution in [0.15, 0.2) is 77.9 Å². The van der Waals surface area contributed by atoms with Gasteiger partial charge in [-0.05, 0) is 60.0 Å². The van der Waals surface area contributed by atoms with E-state index in [0.29, 0.717) is 18.7 Å². The summed E-state index contributed by atoms with van der Waals surface area (Å²) in [6.45, 7) is 0.514. The Labute approximate surface area is 190 Å². The Hall–Kier alpha value is -3.71. The first kappa shape index (κ1) is 22.5. The van der Waals surface area contributed by atoms with E-state index in [1.54, 1.807) is 36.5 Å². The van der Waals surface area contributed by atoms with Crippen LogP contribution in [0, 0.1) is 11.6 Å². The van der Waals surface area contributed by atoms with Crippen molar-refractivity contribution in [2.75, 3.05) is 19.7 Å². The van der Waals surface area contributed by atoms with Crippen LogP contribution < -0.4 is 5.32 Å². The zero-order chi connectivity index (χ0) is 23.2. The van der Waals surface area contributed by atoms with Gasteiger partial charge in [0.05, 0.1) is 17.8 Å². The summed E-state index contributed by atoms with van der Waals surface area (Å²) in [5.74, 6) is -1.49. The highest BCUT2D eigenvalue weighted by Crippen LogP contribution is 2.25. The van der Waals surface area contributed by atoms with E-state index in [9.17, 15) is 18.7 Å². The van der Waals surface area contributed by atoms with Crippen LogP contribution in [0.2, 0.25) is 0 Å².